The van der Waals surface area contributed by atoms with Crippen LogP contribution in [0.25, 0.3) is 11.1 Å². The van der Waals surface area contributed by atoms with Gasteiger partial charge < -0.3 is 39.8 Å². The summed E-state index contributed by atoms with van der Waals surface area (Å²) in [6, 6.07) is 16.3. The van der Waals surface area contributed by atoms with E-state index in [1.807, 2.05) is 31.2 Å². The van der Waals surface area contributed by atoms with Crippen LogP contribution in [0.3, 0.4) is 0 Å². The van der Waals surface area contributed by atoms with Crippen molar-refractivity contribution < 1.29 is 43.5 Å². The molecule has 11 nitrogen and oxygen atoms in total. The van der Waals surface area contributed by atoms with Crippen molar-refractivity contribution in [2.24, 2.45) is 17.8 Å². The zero-order valence-electron chi connectivity index (χ0n) is 36.0. The number of benzene rings is 2. The standard InChI is InChI=1S/C42H60N2O7.C5H10O2/c1-27(24-29(3)31(5)45)18-19-32-12-10-21-42(50-32)22-20-28(2)39(51-42)17-11-23-43-40(47)30(4)38(46)25-44-41(48)49-26-37-35-15-8-6-13-33(35)34-14-7-9-16-36(34)37;1-5(6)3-4-7-2/h6-9,13-16,24,27-28,30-32,37-39,45-46H,10-12,17-23,25-26H2,1-5H3,(H,43,47)(H,44,48);3-4H2,1-2H3/b29-24+;/t27-,28?,30-,31-,32-,38-,39+,42-;/m0./s1. The number of fused-ring (bicyclic) bond motifs is 3. The molecule has 58 heavy (non-hydrogen) atoms. The Morgan fingerprint density at radius 2 is 1.60 bits per heavy atom. The molecule has 5 rings (SSSR count). The maximum atomic E-state index is 12.9. The number of hydrogen-bond acceptors (Lipinski definition) is 9. The summed E-state index contributed by atoms with van der Waals surface area (Å²) in [5, 5.41) is 26.1. The van der Waals surface area contributed by atoms with E-state index in [1.54, 1.807) is 27.9 Å². The number of Topliss-reactive ketones (excluding diaryl/α,β-unsaturated/α-hetero) is 1. The smallest absolute Gasteiger partial charge is 0.407 e. The summed E-state index contributed by atoms with van der Waals surface area (Å²) in [5.41, 5.74) is 5.59. The molecule has 2 aromatic carbocycles. The van der Waals surface area contributed by atoms with Gasteiger partial charge in [-0.15, -0.1) is 0 Å². The molecule has 1 aliphatic carbocycles. The number of methoxy groups -OCH3 is 1. The third kappa shape index (κ3) is 14.0. The van der Waals surface area contributed by atoms with Crippen LogP contribution in [0.1, 0.15) is 123 Å². The molecule has 4 N–H and O–H groups in total. The number of allylic oxidation sites excluding steroid dienone is 1. The van der Waals surface area contributed by atoms with Gasteiger partial charge in [0.25, 0.3) is 0 Å². The fourth-order valence-corrected chi connectivity index (χ4v) is 8.15. The van der Waals surface area contributed by atoms with E-state index in [1.165, 1.54) is 0 Å². The van der Waals surface area contributed by atoms with Crippen molar-refractivity contribution in [1.29, 1.82) is 0 Å². The first kappa shape index (κ1) is 47.1. The normalized spacial score (nSPS) is 23.7. The van der Waals surface area contributed by atoms with Crippen LogP contribution >= 0.6 is 0 Å². The second-order valence-corrected chi connectivity index (χ2v) is 16.8. The molecule has 0 bridgehead atoms. The van der Waals surface area contributed by atoms with Gasteiger partial charge in [0, 0.05) is 45.4 Å². The van der Waals surface area contributed by atoms with Crippen molar-refractivity contribution in [3.05, 3.63) is 71.3 Å². The van der Waals surface area contributed by atoms with Crippen molar-refractivity contribution in [2.45, 2.75) is 142 Å². The number of amides is 2. The monoisotopic (exact) mass is 807 g/mol. The van der Waals surface area contributed by atoms with Crippen molar-refractivity contribution >= 4 is 17.8 Å². The number of alkyl carbamates (subject to hydrolysis) is 1. The van der Waals surface area contributed by atoms with Gasteiger partial charge in [0.15, 0.2) is 5.79 Å². The summed E-state index contributed by atoms with van der Waals surface area (Å²) in [6.07, 6.45) is 9.46. The molecule has 2 saturated heterocycles. The Bertz CT molecular complexity index is 1600. The molecule has 8 atom stereocenters. The van der Waals surface area contributed by atoms with E-state index < -0.39 is 30.0 Å². The minimum atomic E-state index is -1.05. The Labute approximate surface area is 346 Å². The Morgan fingerprint density at radius 3 is 2.22 bits per heavy atom. The fourth-order valence-electron chi connectivity index (χ4n) is 8.15. The van der Waals surface area contributed by atoms with Gasteiger partial charge >= 0.3 is 6.09 Å². The zero-order chi connectivity index (χ0) is 42.2. The van der Waals surface area contributed by atoms with Gasteiger partial charge in [0.05, 0.1) is 36.9 Å². The molecule has 1 spiro atoms. The number of nitrogens with one attached hydrogen (secondary N) is 2. The molecule has 0 aromatic heterocycles. The lowest BCUT2D eigenvalue weighted by Crippen LogP contribution is -2.50. The van der Waals surface area contributed by atoms with Gasteiger partial charge in [0.2, 0.25) is 5.91 Å². The van der Waals surface area contributed by atoms with Crippen LogP contribution < -0.4 is 10.6 Å². The molecule has 1 unspecified atom stereocenters. The van der Waals surface area contributed by atoms with Crippen LogP contribution in [-0.2, 0) is 28.5 Å². The molecular weight excluding hydrogens is 737 g/mol. The highest BCUT2D eigenvalue weighted by atomic mass is 16.7. The third-order valence-corrected chi connectivity index (χ3v) is 12.0. The van der Waals surface area contributed by atoms with Crippen LogP contribution in [0.2, 0.25) is 0 Å². The second kappa shape index (κ2) is 23.3. The molecule has 2 heterocycles. The minimum absolute atomic E-state index is 0.0500. The van der Waals surface area contributed by atoms with E-state index >= 15 is 0 Å². The summed E-state index contributed by atoms with van der Waals surface area (Å²) in [4.78, 5) is 35.6. The number of aliphatic hydroxyl groups excluding tert-OH is 2. The summed E-state index contributed by atoms with van der Waals surface area (Å²) in [6.45, 7) is 12.6. The molecular formula is C47H70N2O9. The predicted molar refractivity (Wildman–Crippen MR) is 226 cm³/mol. The van der Waals surface area contributed by atoms with Crippen LogP contribution in [0.5, 0.6) is 0 Å². The highest BCUT2D eigenvalue weighted by Gasteiger charge is 2.44. The Hall–Kier alpha value is -3.61. The van der Waals surface area contributed by atoms with E-state index in [2.05, 4.69) is 59.6 Å². The van der Waals surface area contributed by atoms with E-state index in [-0.39, 0.29) is 43.0 Å². The van der Waals surface area contributed by atoms with E-state index in [4.69, 9.17) is 14.2 Å². The topological polar surface area (TPSA) is 153 Å². The highest BCUT2D eigenvalue weighted by molar-refractivity contribution is 5.80. The van der Waals surface area contributed by atoms with Crippen molar-refractivity contribution in [1.82, 2.24) is 10.6 Å². The van der Waals surface area contributed by atoms with Crippen molar-refractivity contribution in [2.75, 3.05) is 33.4 Å². The van der Waals surface area contributed by atoms with Crippen molar-refractivity contribution in [3.8, 4) is 11.1 Å². The maximum absolute atomic E-state index is 12.9. The largest absolute Gasteiger partial charge is 0.449 e. The summed E-state index contributed by atoms with van der Waals surface area (Å²) in [7, 11) is 1.59. The second-order valence-electron chi connectivity index (χ2n) is 16.8. The Balaban J connectivity index is 0.000000973. The van der Waals surface area contributed by atoms with Gasteiger partial charge in [-0.3, -0.25) is 9.59 Å². The number of ketones is 1. The molecule has 2 aliphatic heterocycles. The van der Waals surface area contributed by atoms with E-state index in [9.17, 15) is 24.6 Å². The lowest BCUT2D eigenvalue weighted by Gasteiger charge is -2.48. The van der Waals surface area contributed by atoms with Gasteiger partial charge in [-0.1, -0.05) is 75.4 Å². The molecule has 2 amide bonds. The van der Waals surface area contributed by atoms with Crippen LogP contribution in [0.4, 0.5) is 4.79 Å². The zero-order valence-corrected chi connectivity index (χ0v) is 36.0. The molecule has 2 aromatic rings. The van der Waals surface area contributed by atoms with Gasteiger partial charge in [-0.25, -0.2) is 4.79 Å². The average Bonchev–Trinajstić information content (AvgIpc) is 3.53. The number of carbonyl (C=O) groups is 3. The van der Waals surface area contributed by atoms with E-state index in [0.29, 0.717) is 31.4 Å². The first-order valence-corrected chi connectivity index (χ1v) is 21.5. The quantitative estimate of drug-likeness (QED) is 0.0872. The molecule has 0 saturated carbocycles. The number of ether oxygens (including phenoxy) is 4. The lowest BCUT2D eigenvalue weighted by molar-refractivity contribution is -0.324. The van der Waals surface area contributed by atoms with Crippen LogP contribution in [0, 0.1) is 17.8 Å². The predicted octanol–water partition coefficient (Wildman–Crippen LogP) is 7.85. The van der Waals surface area contributed by atoms with Crippen LogP contribution in [0.15, 0.2) is 60.2 Å². The highest BCUT2D eigenvalue weighted by Crippen LogP contribution is 2.45. The summed E-state index contributed by atoms with van der Waals surface area (Å²) < 4.78 is 23.6. The fraction of sp³-hybridized carbons (Fsp3) is 0.638. The van der Waals surface area contributed by atoms with Gasteiger partial charge in [-0.05, 0) is 105 Å². The van der Waals surface area contributed by atoms with Crippen LogP contribution in [-0.4, -0.2) is 91.6 Å². The lowest BCUT2D eigenvalue weighted by atomic mass is 9.85. The molecule has 0 radical (unpaired) electrons. The number of aliphatic hydroxyl groups is 2. The first-order chi connectivity index (χ1) is 27.7. The number of carbonyl (C=O) groups excluding carboxylic acids is 3. The molecule has 3 aliphatic rings. The Kier molecular flexibility index (Phi) is 18.9. The summed E-state index contributed by atoms with van der Waals surface area (Å²) in [5.74, 6) is -0.540. The SMILES string of the molecule is C/C(=C\[C@@H](C)CC[C@@H]1CCC[C@]2(CCC(C)[C@@H](CCCNC(=O)[C@@H](C)[C@@H](O)CNC(=O)OCC3c4ccccc4-c4ccccc43)O2)O1)[C@H](C)O.COCCC(C)=O. The Morgan fingerprint density at radius 1 is 0.931 bits per heavy atom. The van der Waals surface area contributed by atoms with Gasteiger partial charge in [0.1, 0.15) is 12.4 Å². The van der Waals surface area contributed by atoms with E-state index in [0.717, 1.165) is 85.6 Å². The average molecular weight is 807 g/mol. The minimum Gasteiger partial charge on any atom is -0.449 e. The first-order valence-electron chi connectivity index (χ1n) is 21.5. The van der Waals surface area contributed by atoms with Crippen molar-refractivity contribution in [3.63, 3.8) is 0 Å². The molecule has 2 fully saturated rings. The third-order valence-electron chi connectivity index (χ3n) is 12.0. The number of hydrogen-bond donors (Lipinski definition) is 4. The molecule has 322 valence electrons. The number of rotatable bonds is 18. The maximum Gasteiger partial charge on any atom is 0.407 e. The molecule has 11 heteroatoms. The van der Waals surface area contributed by atoms with Gasteiger partial charge in [-0.2, -0.15) is 0 Å². The summed E-state index contributed by atoms with van der Waals surface area (Å²) >= 11 is 0.